The molecule has 23 heavy (non-hydrogen) atoms. The maximum atomic E-state index is 13.4. The number of aromatic amines is 1. The number of alkyl halides is 3. The van der Waals surface area contributed by atoms with Crippen molar-refractivity contribution >= 4 is 23.5 Å². The minimum Gasteiger partial charge on any atom is -0.308 e. The molecule has 1 aromatic heterocycles. The van der Waals surface area contributed by atoms with Crippen LogP contribution in [0.25, 0.3) is 0 Å². The summed E-state index contributed by atoms with van der Waals surface area (Å²) < 4.78 is 40.1. The van der Waals surface area contributed by atoms with Crippen molar-refractivity contribution in [3.63, 3.8) is 0 Å². The summed E-state index contributed by atoms with van der Waals surface area (Å²) >= 11 is 1.19. The Morgan fingerprint density at radius 2 is 1.96 bits per heavy atom. The highest BCUT2D eigenvalue weighted by molar-refractivity contribution is 8.01. The topological polar surface area (TPSA) is 57.8 Å². The number of nitrogens with one attached hydrogen (secondary N) is 2. The Kier molecular flexibility index (Phi) is 3.87. The van der Waals surface area contributed by atoms with Gasteiger partial charge < -0.3 is 5.32 Å². The van der Waals surface area contributed by atoms with E-state index >= 15 is 0 Å². The first-order valence-electron chi connectivity index (χ1n) is 6.96. The number of anilines is 1. The molecule has 4 nitrogen and oxygen atoms in total. The van der Waals surface area contributed by atoms with Crippen LogP contribution in [0.5, 0.6) is 0 Å². The zero-order chi connectivity index (χ0) is 16.8. The van der Waals surface area contributed by atoms with E-state index in [2.05, 4.69) is 15.5 Å². The van der Waals surface area contributed by atoms with Crippen molar-refractivity contribution in [3.05, 3.63) is 46.6 Å². The molecule has 0 radical (unpaired) electrons. The number of carbonyl (C=O) groups excluding carboxylic acids is 1. The first-order chi connectivity index (χ1) is 10.8. The van der Waals surface area contributed by atoms with Crippen molar-refractivity contribution < 1.29 is 18.0 Å². The van der Waals surface area contributed by atoms with Gasteiger partial charge in [0.2, 0.25) is 5.91 Å². The fourth-order valence-corrected chi connectivity index (χ4v) is 3.99. The second-order valence-electron chi connectivity index (χ2n) is 5.34. The Balaban J connectivity index is 2.19. The third-order valence-corrected chi connectivity index (χ3v) is 5.14. The van der Waals surface area contributed by atoms with Gasteiger partial charge in [-0.15, -0.1) is 11.8 Å². The number of aromatic nitrogens is 2. The predicted molar refractivity (Wildman–Crippen MR) is 82.3 cm³/mol. The minimum absolute atomic E-state index is 0.138. The highest BCUT2D eigenvalue weighted by Gasteiger charge is 2.39. The van der Waals surface area contributed by atoms with Gasteiger partial charge in [0.05, 0.1) is 16.1 Å². The van der Waals surface area contributed by atoms with Crippen LogP contribution in [0.1, 0.15) is 34.6 Å². The van der Waals surface area contributed by atoms with E-state index in [1.165, 1.54) is 23.9 Å². The number of fused-ring (bicyclic) bond motifs is 1. The van der Waals surface area contributed by atoms with Gasteiger partial charge in [0.15, 0.2) is 5.82 Å². The van der Waals surface area contributed by atoms with Crippen molar-refractivity contribution in [3.8, 4) is 0 Å². The number of hydrogen-bond acceptors (Lipinski definition) is 3. The number of benzene rings is 1. The Hall–Kier alpha value is -1.96. The Labute approximate surface area is 134 Å². The number of thioether (sulfide) groups is 1. The molecule has 1 aliphatic heterocycles. The van der Waals surface area contributed by atoms with E-state index in [4.69, 9.17) is 0 Å². The molecule has 0 saturated carbocycles. The van der Waals surface area contributed by atoms with Crippen LogP contribution in [-0.4, -0.2) is 21.4 Å². The van der Waals surface area contributed by atoms with E-state index in [1.807, 2.05) is 0 Å². The molecule has 0 bridgehead atoms. The maximum Gasteiger partial charge on any atom is 0.416 e. The number of aryl methyl sites for hydroxylation is 1. The smallest absolute Gasteiger partial charge is 0.308 e. The maximum absolute atomic E-state index is 13.4. The molecule has 2 N–H and O–H groups in total. The highest BCUT2D eigenvalue weighted by Crippen LogP contribution is 2.48. The number of halogens is 3. The standard InChI is InChI=1S/C15H14F3N3OS/c1-7-11-12(9-5-3-4-6-10(9)15(16,17)18)23-8(2)14(22)19-13(11)21-20-7/h3-6,8,12H,1-2H3,(H2,19,20,21,22). The van der Waals surface area contributed by atoms with Crippen LogP contribution in [0.15, 0.2) is 24.3 Å². The molecule has 2 unspecified atom stereocenters. The molecule has 2 atom stereocenters. The van der Waals surface area contributed by atoms with E-state index < -0.39 is 22.2 Å². The second kappa shape index (κ2) is 5.59. The zero-order valence-corrected chi connectivity index (χ0v) is 13.2. The molecule has 2 aromatic rings. The van der Waals surface area contributed by atoms with Crippen LogP contribution in [-0.2, 0) is 11.0 Å². The quantitative estimate of drug-likeness (QED) is 0.827. The van der Waals surface area contributed by atoms with Gasteiger partial charge in [0, 0.05) is 11.3 Å². The zero-order valence-electron chi connectivity index (χ0n) is 12.4. The monoisotopic (exact) mass is 341 g/mol. The molecule has 0 spiro atoms. The van der Waals surface area contributed by atoms with Crippen molar-refractivity contribution in [2.24, 2.45) is 0 Å². The van der Waals surface area contributed by atoms with Gasteiger partial charge in [-0.2, -0.15) is 18.3 Å². The molecule has 3 rings (SSSR count). The summed E-state index contributed by atoms with van der Waals surface area (Å²) in [7, 11) is 0. The fraction of sp³-hybridized carbons (Fsp3) is 0.333. The van der Waals surface area contributed by atoms with E-state index in [0.29, 0.717) is 17.1 Å². The van der Waals surface area contributed by atoms with Crippen LogP contribution in [0, 0.1) is 6.92 Å². The normalized spacial score (nSPS) is 21.5. The van der Waals surface area contributed by atoms with Gasteiger partial charge in [-0.25, -0.2) is 0 Å². The molecular formula is C15H14F3N3OS. The fourth-order valence-electron chi connectivity index (χ4n) is 2.62. The Morgan fingerprint density at radius 1 is 1.26 bits per heavy atom. The van der Waals surface area contributed by atoms with Crippen molar-refractivity contribution in [2.45, 2.75) is 30.5 Å². The summed E-state index contributed by atoms with van der Waals surface area (Å²) in [6.45, 7) is 3.41. The summed E-state index contributed by atoms with van der Waals surface area (Å²) in [5, 5.41) is 8.31. The number of nitrogens with zero attached hydrogens (tertiary/aromatic N) is 1. The summed E-state index contributed by atoms with van der Waals surface area (Å²) in [5.41, 5.74) is 0.679. The molecule has 1 amide bonds. The molecule has 8 heteroatoms. The average molecular weight is 341 g/mol. The van der Waals surface area contributed by atoms with Crippen LogP contribution >= 0.6 is 11.8 Å². The van der Waals surface area contributed by atoms with Crippen LogP contribution < -0.4 is 5.32 Å². The highest BCUT2D eigenvalue weighted by atomic mass is 32.2. The summed E-state index contributed by atoms with van der Waals surface area (Å²) in [6.07, 6.45) is -4.46. The number of amides is 1. The lowest BCUT2D eigenvalue weighted by Gasteiger charge is -2.21. The van der Waals surface area contributed by atoms with Gasteiger partial charge >= 0.3 is 6.18 Å². The van der Waals surface area contributed by atoms with E-state index in [-0.39, 0.29) is 11.5 Å². The van der Waals surface area contributed by atoms with Crippen molar-refractivity contribution in [1.82, 2.24) is 10.2 Å². The lowest BCUT2D eigenvalue weighted by Crippen LogP contribution is -2.21. The lowest BCUT2D eigenvalue weighted by atomic mass is 9.98. The Bertz CT molecular complexity index is 757. The predicted octanol–water partition coefficient (Wildman–Crippen LogP) is 3.90. The second-order valence-corrected chi connectivity index (χ2v) is 6.79. The molecule has 1 aromatic carbocycles. The van der Waals surface area contributed by atoms with E-state index in [0.717, 1.165) is 6.07 Å². The van der Waals surface area contributed by atoms with Crippen molar-refractivity contribution in [1.29, 1.82) is 0 Å². The summed E-state index contributed by atoms with van der Waals surface area (Å²) in [4.78, 5) is 12.0. The largest absolute Gasteiger partial charge is 0.416 e. The van der Waals surface area contributed by atoms with Crippen LogP contribution in [0.4, 0.5) is 19.0 Å². The number of carbonyl (C=O) groups is 1. The summed E-state index contributed by atoms with van der Waals surface area (Å²) in [5.74, 6) is 0.0288. The third-order valence-electron chi connectivity index (χ3n) is 3.76. The molecule has 1 aliphatic rings. The molecule has 0 aliphatic carbocycles. The number of rotatable bonds is 1. The summed E-state index contributed by atoms with van der Waals surface area (Å²) in [6, 6.07) is 5.46. The van der Waals surface area contributed by atoms with Crippen molar-refractivity contribution in [2.75, 3.05) is 5.32 Å². The first-order valence-corrected chi connectivity index (χ1v) is 7.90. The lowest BCUT2D eigenvalue weighted by molar-refractivity contribution is -0.138. The number of H-pyrrole nitrogens is 1. The van der Waals surface area contributed by atoms with Gasteiger partial charge in [-0.1, -0.05) is 18.2 Å². The van der Waals surface area contributed by atoms with E-state index in [1.54, 1.807) is 19.9 Å². The van der Waals surface area contributed by atoms with Gasteiger partial charge in [-0.3, -0.25) is 9.89 Å². The van der Waals surface area contributed by atoms with Gasteiger partial charge in [0.25, 0.3) is 0 Å². The molecule has 2 heterocycles. The average Bonchev–Trinajstić information content (AvgIpc) is 2.78. The minimum atomic E-state index is -4.46. The third kappa shape index (κ3) is 2.83. The van der Waals surface area contributed by atoms with Gasteiger partial charge in [-0.05, 0) is 25.5 Å². The SMILES string of the molecule is Cc1[nH]nc2c1C(c1ccccc1C(F)(F)F)SC(C)C(=O)N2. The first kappa shape index (κ1) is 15.9. The van der Waals surface area contributed by atoms with Crippen LogP contribution in [0.2, 0.25) is 0 Å². The number of hydrogen-bond donors (Lipinski definition) is 2. The molecule has 122 valence electrons. The molecular weight excluding hydrogens is 327 g/mol. The van der Waals surface area contributed by atoms with Crippen LogP contribution in [0.3, 0.4) is 0 Å². The molecule has 0 saturated heterocycles. The van der Waals surface area contributed by atoms with E-state index in [9.17, 15) is 18.0 Å². The molecule has 0 fully saturated rings. The van der Waals surface area contributed by atoms with Gasteiger partial charge in [0.1, 0.15) is 0 Å². The Morgan fingerprint density at radius 3 is 2.65 bits per heavy atom.